The first-order valence-electron chi connectivity index (χ1n) is 6.21. The molecule has 0 fully saturated rings. The number of carbonyl (C=O) groups is 1. The van der Waals surface area contributed by atoms with Crippen molar-refractivity contribution in [2.24, 2.45) is 0 Å². The summed E-state index contributed by atoms with van der Waals surface area (Å²) in [5, 5.41) is 0. The van der Waals surface area contributed by atoms with Gasteiger partial charge in [-0.15, -0.1) is 0 Å². The van der Waals surface area contributed by atoms with E-state index in [9.17, 15) is 4.79 Å². The van der Waals surface area contributed by atoms with Gasteiger partial charge in [0.15, 0.2) is 0 Å². The molecule has 0 saturated heterocycles. The van der Waals surface area contributed by atoms with E-state index in [2.05, 4.69) is 15.9 Å². The average Bonchev–Trinajstić information content (AvgIpc) is 2.53. The summed E-state index contributed by atoms with van der Waals surface area (Å²) in [5.74, 6) is 1.40. The number of ketones is 1. The Bertz CT molecular complexity index is 667. The summed E-state index contributed by atoms with van der Waals surface area (Å²) in [6, 6.07) is 10.4. The molecule has 0 amide bonds. The number of hydrogen-bond acceptors (Lipinski definition) is 4. The van der Waals surface area contributed by atoms with Gasteiger partial charge in [-0.2, -0.15) is 0 Å². The fraction of sp³-hybridized carbons (Fsp3) is 0.188. The first kappa shape index (κ1) is 15.4. The molecule has 0 aliphatic rings. The quantitative estimate of drug-likeness (QED) is 0.771. The van der Waals surface area contributed by atoms with Crippen molar-refractivity contribution < 1.29 is 19.0 Å². The predicted octanol–water partition coefficient (Wildman–Crippen LogP) is 3.71. The van der Waals surface area contributed by atoms with E-state index in [0.29, 0.717) is 28.4 Å². The molecule has 2 rings (SSSR count). The van der Waals surface area contributed by atoms with Crippen LogP contribution in [0.2, 0.25) is 0 Å². The van der Waals surface area contributed by atoms with Gasteiger partial charge in [0.1, 0.15) is 17.2 Å². The second kappa shape index (κ2) is 6.63. The molecule has 2 aromatic rings. The van der Waals surface area contributed by atoms with Crippen molar-refractivity contribution in [3.05, 3.63) is 52.0 Å². The lowest BCUT2D eigenvalue weighted by Crippen LogP contribution is -2.06. The molecule has 0 aliphatic heterocycles. The molecular formula is C16H15BrO4. The van der Waals surface area contributed by atoms with E-state index >= 15 is 0 Å². The van der Waals surface area contributed by atoms with Crippen molar-refractivity contribution in [3.8, 4) is 17.2 Å². The molecule has 5 heteroatoms. The minimum Gasteiger partial charge on any atom is -0.497 e. The molecule has 0 saturated carbocycles. The summed E-state index contributed by atoms with van der Waals surface area (Å²) >= 11 is 3.37. The van der Waals surface area contributed by atoms with Gasteiger partial charge in [0, 0.05) is 4.47 Å². The van der Waals surface area contributed by atoms with Gasteiger partial charge in [0.2, 0.25) is 5.78 Å². The SMILES string of the molecule is COc1ccc(OC)c(C(=O)c2cc(Br)ccc2OC)c1. The highest BCUT2D eigenvalue weighted by Gasteiger charge is 2.19. The third-order valence-corrected chi connectivity index (χ3v) is 3.55. The van der Waals surface area contributed by atoms with Gasteiger partial charge in [-0.3, -0.25) is 4.79 Å². The Morgan fingerprint density at radius 1 is 0.857 bits per heavy atom. The minimum absolute atomic E-state index is 0.191. The van der Waals surface area contributed by atoms with Crippen LogP contribution in [0.4, 0.5) is 0 Å². The van der Waals surface area contributed by atoms with Crippen LogP contribution in [0, 0.1) is 0 Å². The first-order valence-corrected chi connectivity index (χ1v) is 7.00. The van der Waals surface area contributed by atoms with Crippen LogP contribution in [0.15, 0.2) is 40.9 Å². The summed E-state index contributed by atoms with van der Waals surface area (Å²) in [4.78, 5) is 12.8. The van der Waals surface area contributed by atoms with E-state index in [-0.39, 0.29) is 5.78 Å². The van der Waals surface area contributed by atoms with Gasteiger partial charge in [0.05, 0.1) is 32.5 Å². The van der Waals surface area contributed by atoms with E-state index in [0.717, 1.165) is 4.47 Å². The fourth-order valence-corrected chi connectivity index (χ4v) is 2.36. The van der Waals surface area contributed by atoms with Crippen molar-refractivity contribution in [2.75, 3.05) is 21.3 Å². The summed E-state index contributed by atoms with van der Waals surface area (Å²) in [6.45, 7) is 0. The molecular weight excluding hydrogens is 336 g/mol. The van der Waals surface area contributed by atoms with Gasteiger partial charge < -0.3 is 14.2 Å². The Morgan fingerprint density at radius 3 is 2.00 bits per heavy atom. The Labute approximate surface area is 131 Å². The number of halogens is 1. The van der Waals surface area contributed by atoms with Crippen molar-refractivity contribution in [2.45, 2.75) is 0 Å². The van der Waals surface area contributed by atoms with Crippen LogP contribution < -0.4 is 14.2 Å². The van der Waals surface area contributed by atoms with Gasteiger partial charge in [-0.1, -0.05) is 15.9 Å². The number of ether oxygens (including phenoxy) is 3. The summed E-state index contributed by atoms with van der Waals surface area (Å²) in [6.07, 6.45) is 0. The van der Waals surface area contributed by atoms with Crippen molar-refractivity contribution >= 4 is 21.7 Å². The lowest BCUT2D eigenvalue weighted by atomic mass is 10.0. The van der Waals surface area contributed by atoms with Crippen molar-refractivity contribution in [3.63, 3.8) is 0 Å². The molecule has 4 nitrogen and oxygen atoms in total. The van der Waals surface area contributed by atoms with Crippen LogP contribution in [-0.4, -0.2) is 27.1 Å². The molecule has 0 atom stereocenters. The van der Waals surface area contributed by atoms with E-state index in [1.165, 1.54) is 14.2 Å². The highest BCUT2D eigenvalue weighted by Crippen LogP contribution is 2.31. The second-order valence-electron chi connectivity index (χ2n) is 4.24. The van der Waals surface area contributed by atoms with E-state index in [4.69, 9.17) is 14.2 Å². The highest BCUT2D eigenvalue weighted by atomic mass is 79.9. The third-order valence-electron chi connectivity index (χ3n) is 3.06. The van der Waals surface area contributed by atoms with Crippen LogP contribution in [-0.2, 0) is 0 Å². The molecule has 0 aromatic heterocycles. The van der Waals surface area contributed by atoms with Crippen LogP contribution >= 0.6 is 15.9 Å². The van der Waals surface area contributed by atoms with Crippen molar-refractivity contribution in [1.29, 1.82) is 0 Å². The maximum absolute atomic E-state index is 12.8. The zero-order valence-corrected chi connectivity index (χ0v) is 13.6. The molecule has 0 heterocycles. The monoisotopic (exact) mass is 350 g/mol. The van der Waals surface area contributed by atoms with Crippen LogP contribution in [0.5, 0.6) is 17.2 Å². The number of benzene rings is 2. The molecule has 21 heavy (non-hydrogen) atoms. The molecule has 0 N–H and O–H groups in total. The molecule has 0 bridgehead atoms. The maximum Gasteiger partial charge on any atom is 0.200 e. The van der Waals surface area contributed by atoms with E-state index < -0.39 is 0 Å². The Morgan fingerprint density at radius 2 is 1.43 bits per heavy atom. The van der Waals surface area contributed by atoms with Gasteiger partial charge >= 0.3 is 0 Å². The maximum atomic E-state index is 12.8. The molecule has 0 radical (unpaired) electrons. The standard InChI is InChI=1S/C16H15BrO4/c1-19-11-5-7-15(21-3)13(9-11)16(18)12-8-10(17)4-6-14(12)20-2/h4-9H,1-3H3. The van der Waals surface area contributed by atoms with Gasteiger partial charge in [-0.05, 0) is 36.4 Å². The second-order valence-corrected chi connectivity index (χ2v) is 5.16. The lowest BCUT2D eigenvalue weighted by molar-refractivity contribution is 0.103. The Hall–Kier alpha value is -2.01. The number of carbonyl (C=O) groups excluding carboxylic acids is 1. The van der Waals surface area contributed by atoms with Gasteiger partial charge in [0.25, 0.3) is 0 Å². The zero-order chi connectivity index (χ0) is 15.4. The van der Waals surface area contributed by atoms with Crippen LogP contribution in [0.25, 0.3) is 0 Å². The van der Waals surface area contributed by atoms with E-state index in [1.54, 1.807) is 37.4 Å². The van der Waals surface area contributed by atoms with E-state index in [1.807, 2.05) is 6.07 Å². The van der Waals surface area contributed by atoms with Crippen LogP contribution in [0.3, 0.4) is 0 Å². The van der Waals surface area contributed by atoms with Crippen LogP contribution in [0.1, 0.15) is 15.9 Å². The summed E-state index contributed by atoms with van der Waals surface area (Å²) < 4.78 is 16.5. The number of methoxy groups -OCH3 is 3. The largest absolute Gasteiger partial charge is 0.497 e. The average molecular weight is 351 g/mol. The fourth-order valence-electron chi connectivity index (χ4n) is 1.99. The molecule has 0 spiro atoms. The Balaban J connectivity index is 2.56. The van der Waals surface area contributed by atoms with Crippen molar-refractivity contribution in [1.82, 2.24) is 0 Å². The first-order chi connectivity index (χ1) is 10.1. The summed E-state index contributed by atoms with van der Waals surface area (Å²) in [7, 11) is 4.61. The third kappa shape index (κ3) is 3.19. The molecule has 0 unspecified atom stereocenters. The van der Waals surface area contributed by atoms with Gasteiger partial charge in [-0.25, -0.2) is 0 Å². The topological polar surface area (TPSA) is 44.8 Å². The minimum atomic E-state index is -0.191. The molecule has 110 valence electrons. The number of hydrogen-bond donors (Lipinski definition) is 0. The number of rotatable bonds is 5. The normalized spacial score (nSPS) is 10.1. The predicted molar refractivity (Wildman–Crippen MR) is 83.7 cm³/mol. The molecule has 2 aromatic carbocycles. The zero-order valence-electron chi connectivity index (χ0n) is 12.0. The Kier molecular flexibility index (Phi) is 4.85. The lowest BCUT2D eigenvalue weighted by Gasteiger charge is -2.12. The highest BCUT2D eigenvalue weighted by molar-refractivity contribution is 9.10. The smallest absolute Gasteiger partial charge is 0.200 e. The summed E-state index contributed by atoms with van der Waals surface area (Å²) in [5.41, 5.74) is 0.881. The molecule has 0 aliphatic carbocycles.